The van der Waals surface area contributed by atoms with Crippen LogP contribution >= 0.6 is 11.3 Å². The summed E-state index contributed by atoms with van der Waals surface area (Å²) in [6.45, 7) is 6.50. The predicted molar refractivity (Wildman–Crippen MR) is 102 cm³/mol. The maximum Gasteiger partial charge on any atom is 0.263 e. The average Bonchev–Trinajstić information content (AvgIpc) is 3.04. The van der Waals surface area contributed by atoms with Gasteiger partial charge in [0.25, 0.3) is 5.91 Å². The summed E-state index contributed by atoms with van der Waals surface area (Å²) in [5.41, 5.74) is 4.42. The van der Waals surface area contributed by atoms with Crippen LogP contribution in [0.1, 0.15) is 39.3 Å². The van der Waals surface area contributed by atoms with E-state index in [-0.39, 0.29) is 11.9 Å². The molecular weight excluding hydrogens is 370 g/mol. The number of benzene rings is 1. The van der Waals surface area contributed by atoms with Gasteiger partial charge < -0.3 is 5.32 Å². The summed E-state index contributed by atoms with van der Waals surface area (Å²) in [7, 11) is -3.49. The molecule has 1 saturated heterocycles. The Balaban J connectivity index is 1.63. The zero-order valence-electron chi connectivity index (χ0n) is 15.2. The summed E-state index contributed by atoms with van der Waals surface area (Å²) in [4.78, 5) is 17.3. The van der Waals surface area contributed by atoms with Gasteiger partial charge in [0.15, 0.2) is 0 Å². The van der Waals surface area contributed by atoms with Crippen LogP contribution in [0, 0.1) is 20.8 Å². The van der Waals surface area contributed by atoms with E-state index in [9.17, 15) is 13.2 Å². The lowest BCUT2D eigenvalue weighted by molar-refractivity contribution is 0.0927. The molecular formula is C18H23N3O3S2. The monoisotopic (exact) mass is 393 g/mol. The van der Waals surface area contributed by atoms with E-state index in [0.717, 1.165) is 16.8 Å². The molecule has 3 rings (SSSR count). The number of rotatable bonds is 4. The smallest absolute Gasteiger partial charge is 0.263 e. The number of hydrogen-bond acceptors (Lipinski definition) is 5. The molecule has 0 spiro atoms. The van der Waals surface area contributed by atoms with Crippen LogP contribution in [-0.4, -0.2) is 42.7 Å². The molecule has 6 nitrogen and oxygen atoms in total. The lowest BCUT2D eigenvalue weighted by Crippen LogP contribution is -2.46. The summed E-state index contributed by atoms with van der Waals surface area (Å²) in [6, 6.07) is 5.21. The van der Waals surface area contributed by atoms with Crippen molar-refractivity contribution in [3.63, 3.8) is 0 Å². The fourth-order valence-corrected chi connectivity index (χ4v) is 5.30. The molecule has 8 heteroatoms. The second-order valence-corrected chi connectivity index (χ2v) is 9.46. The molecule has 0 aliphatic carbocycles. The summed E-state index contributed by atoms with van der Waals surface area (Å²) >= 11 is 1.32. The van der Waals surface area contributed by atoms with E-state index in [0.29, 0.717) is 35.7 Å². The standard InChI is InChI=1S/C18H23N3O3S2/c1-12-4-5-16(10-13(12)2)26(23,24)21-8-6-15(7-9-21)20-18(22)17-14(3)19-11-25-17/h4-5,10-11,15H,6-9H2,1-3H3,(H,20,22). The fraction of sp³-hybridized carbons (Fsp3) is 0.444. The summed E-state index contributed by atoms with van der Waals surface area (Å²) < 4.78 is 27.2. The molecule has 1 aliphatic rings. The quantitative estimate of drug-likeness (QED) is 0.866. The first-order chi connectivity index (χ1) is 12.3. The molecule has 1 N–H and O–H groups in total. The van der Waals surface area contributed by atoms with Crippen molar-refractivity contribution in [3.8, 4) is 0 Å². The van der Waals surface area contributed by atoms with Crippen LogP contribution in [0.25, 0.3) is 0 Å². The topological polar surface area (TPSA) is 79.4 Å². The Kier molecular flexibility index (Phi) is 5.45. The number of aromatic nitrogens is 1. The fourth-order valence-electron chi connectivity index (χ4n) is 3.03. The zero-order chi connectivity index (χ0) is 18.9. The molecule has 140 valence electrons. The van der Waals surface area contributed by atoms with Crippen molar-refractivity contribution in [1.82, 2.24) is 14.6 Å². The molecule has 26 heavy (non-hydrogen) atoms. The van der Waals surface area contributed by atoms with E-state index in [1.807, 2.05) is 26.8 Å². The van der Waals surface area contributed by atoms with Gasteiger partial charge in [0.2, 0.25) is 10.0 Å². The van der Waals surface area contributed by atoms with Gasteiger partial charge in [0, 0.05) is 19.1 Å². The minimum absolute atomic E-state index is 0.0183. The normalized spacial score (nSPS) is 16.6. The van der Waals surface area contributed by atoms with Crippen molar-refractivity contribution in [1.29, 1.82) is 0 Å². The highest BCUT2D eigenvalue weighted by Crippen LogP contribution is 2.23. The van der Waals surface area contributed by atoms with Crippen molar-refractivity contribution in [2.45, 2.75) is 44.6 Å². The van der Waals surface area contributed by atoms with Gasteiger partial charge in [-0.2, -0.15) is 4.31 Å². The van der Waals surface area contributed by atoms with E-state index in [1.54, 1.807) is 17.6 Å². The molecule has 0 saturated carbocycles. The molecule has 0 unspecified atom stereocenters. The number of hydrogen-bond donors (Lipinski definition) is 1. The summed E-state index contributed by atoms with van der Waals surface area (Å²) in [6.07, 6.45) is 1.21. The number of carbonyl (C=O) groups is 1. The van der Waals surface area contributed by atoms with Crippen LogP contribution in [0.2, 0.25) is 0 Å². The van der Waals surface area contributed by atoms with Gasteiger partial charge in [-0.1, -0.05) is 6.07 Å². The number of amides is 1. The summed E-state index contributed by atoms with van der Waals surface area (Å²) in [5, 5.41) is 3.00. The van der Waals surface area contributed by atoms with E-state index in [2.05, 4.69) is 10.3 Å². The van der Waals surface area contributed by atoms with Gasteiger partial charge in [-0.25, -0.2) is 13.4 Å². The highest BCUT2D eigenvalue weighted by molar-refractivity contribution is 7.89. The van der Waals surface area contributed by atoms with Gasteiger partial charge in [-0.05, 0) is 56.9 Å². The number of nitrogens with one attached hydrogen (secondary N) is 1. The SMILES string of the molecule is Cc1ccc(S(=O)(=O)N2CCC(NC(=O)c3scnc3C)CC2)cc1C. The molecule has 1 aromatic heterocycles. The number of nitrogens with zero attached hydrogens (tertiary/aromatic N) is 2. The number of sulfonamides is 1. The largest absolute Gasteiger partial charge is 0.348 e. The average molecular weight is 394 g/mol. The Morgan fingerprint density at radius 3 is 2.46 bits per heavy atom. The number of piperidine rings is 1. The zero-order valence-corrected chi connectivity index (χ0v) is 16.8. The van der Waals surface area contributed by atoms with Crippen molar-refractivity contribution >= 4 is 27.3 Å². The second-order valence-electron chi connectivity index (χ2n) is 6.66. The van der Waals surface area contributed by atoms with Crippen molar-refractivity contribution in [3.05, 3.63) is 45.4 Å². The van der Waals surface area contributed by atoms with Gasteiger partial charge in [0.1, 0.15) is 4.88 Å². The number of aryl methyl sites for hydroxylation is 3. The number of thiazole rings is 1. The minimum Gasteiger partial charge on any atom is -0.348 e. The molecule has 1 aliphatic heterocycles. The van der Waals surface area contributed by atoms with Crippen LogP contribution < -0.4 is 5.32 Å². The molecule has 0 bridgehead atoms. The molecule has 0 radical (unpaired) electrons. The first kappa shape index (κ1) is 19.0. The third-order valence-corrected chi connectivity index (χ3v) is 7.68. The molecule has 1 amide bonds. The van der Waals surface area contributed by atoms with Crippen LogP contribution in [0.4, 0.5) is 0 Å². The highest BCUT2D eigenvalue weighted by atomic mass is 32.2. The number of carbonyl (C=O) groups excluding carboxylic acids is 1. The molecule has 2 heterocycles. The first-order valence-electron chi connectivity index (χ1n) is 8.57. The van der Waals surface area contributed by atoms with E-state index in [1.165, 1.54) is 15.6 Å². The molecule has 2 aromatic rings. The lowest BCUT2D eigenvalue weighted by atomic mass is 10.1. The molecule has 1 fully saturated rings. The Labute approximate surface area is 158 Å². The van der Waals surface area contributed by atoms with Crippen molar-refractivity contribution in [2.75, 3.05) is 13.1 Å². The molecule has 0 atom stereocenters. The Morgan fingerprint density at radius 1 is 1.19 bits per heavy atom. The Bertz CT molecular complexity index is 914. The van der Waals surface area contributed by atoms with E-state index in [4.69, 9.17) is 0 Å². The highest BCUT2D eigenvalue weighted by Gasteiger charge is 2.30. The first-order valence-corrected chi connectivity index (χ1v) is 10.9. The Morgan fingerprint density at radius 2 is 1.88 bits per heavy atom. The van der Waals surface area contributed by atoms with Crippen LogP contribution in [-0.2, 0) is 10.0 Å². The molecule has 1 aromatic carbocycles. The Hall–Kier alpha value is -1.77. The maximum absolute atomic E-state index is 12.8. The van der Waals surface area contributed by atoms with Gasteiger partial charge >= 0.3 is 0 Å². The third-order valence-electron chi connectivity index (χ3n) is 4.86. The third kappa shape index (κ3) is 3.82. The predicted octanol–water partition coefficient (Wildman–Crippen LogP) is 2.65. The van der Waals surface area contributed by atoms with E-state index < -0.39 is 10.0 Å². The summed E-state index contributed by atoms with van der Waals surface area (Å²) in [5.74, 6) is -0.125. The maximum atomic E-state index is 12.8. The van der Waals surface area contributed by atoms with Gasteiger partial charge in [-0.15, -0.1) is 11.3 Å². The van der Waals surface area contributed by atoms with Crippen molar-refractivity contribution < 1.29 is 13.2 Å². The second kappa shape index (κ2) is 7.46. The van der Waals surface area contributed by atoms with Crippen molar-refractivity contribution in [2.24, 2.45) is 0 Å². The lowest BCUT2D eigenvalue weighted by Gasteiger charge is -2.31. The van der Waals surface area contributed by atoms with Crippen LogP contribution in [0.5, 0.6) is 0 Å². The van der Waals surface area contributed by atoms with Gasteiger partial charge in [0.05, 0.1) is 16.1 Å². The minimum atomic E-state index is -3.49. The van der Waals surface area contributed by atoms with Crippen LogP contribution in [0.15, 0.2) is 28.6 Å². The van der Waals surface area contributed by atoms with Crippen LogP contribution in [0.3, 0.4) is 0 Å². The van der Waals surface area contributed by atoms with Gasteiger partial charge in [-0.3, -0.25) is 4.79 Å². The van der Waals surface area contributed by atoms with E-state index >= 15 is 0 Å².